The molecule has 9 nitrogen and oxygen atoms in total. The molecule has 0 spiro atoms. The molecule has 30 heavy (non-hydrogen) atoms. The molecule has 0 radical (unpaired) electrons. The number of hydrogen-bond donors (Lipinski definition) is 2. The normalized spacial score (nSPS) is 21.1. The molecule has 2 N–H and O–H groups in total. The summed E-state index contributed by atoms with van der Waals surface area (Å²) >= 11 is 0. The van der Waals surface area contributed by atoms with Crippen molar-refractivity contribution in [2.45, 2.75) is 31.2 Å². The standard InChI is InChI=1S/C20H28N4O5S/c1-3-16-18(19(25)29-4-2)17(22-20(26)21-16)14-23-10-12-24(13-11-23)30(27,28)15-8-6-5-7-9-15/h5-9,16H,3-4,10-14H2,1-2H3,(H2,21,22,26)/t16-/m0/s1. The highest BCUT2D eigenvalue weighted by Gasteiger charge is 2.34. The molecule has 0 aromatic heterocycles. The van der Waals surface area contributed by atoms with E-state index >= 15 is 0 Å². The Kier molecular flexibility index (Phi) is 7.11. The van der Waals surface area contributed by atoms with Crippen molar-refractivity contribution in [1.82, 2.24) is 19.8 Å². The van der Waals surface area contributed by atoms with E-state index in [-0.39, 0.29) is 17.5 Å². The summed E-state index contributed by atoms with van der Waals surface area (Å²) < 4.78 is 32.2. The number of ether oxygens (including phenoxy) is 1. The summed E-state index contributed by atoms with van der Waals surface area (Å²) in [4.78, 5) is 26.8. The Morgan fingerprint density at radius 3 is 2.40 bits per heavy atom. The van der Waals surface area contributed by atoms with Crippen LogP contribution in [0.4, 0.5) is 4.79 Å². The molecule has 1 aromatic rings. The number of carbonyl (C=O) groups is 2. The van der Waals surface area contributed by atoms with Gasteiger partial charge in [-0.1, -0.05) is 25.1 Å². The number of rotatable bonds is 7. The quantitative estimate of drug-likeness (QED) is 0.615. The van der Waals surface area contributed by atoms with Gasteiger partial charge in [0.2, 0.25) is 10.0 Å². The lowest BCUT2D eigenvalue weighted by Gasteiger charge is -2.36. The molecule has 1 atom stereocenters. The average Bonchev–Trinajstić information content (AvgIpc) is 2.74. The fraction of sp³-hybridized carbons (Fsp3) is 0.500. The monoisotopic (exact) mass is 436 g/mol. The summed E-state index contributed by atoms with van der Waals surface area (Å²) in [7, 11) is -3.53. The first-order valence-electron chi connectivity index (χ1n) is 10.1. The van der Waals surface area contributed by atoms with E-state index in [1.807, 2.05) is 11.8 Å². The van der Waals surface area contributed by atoms with Gasteiger partial charge in [0.05, 0.1) is 23.1 Å². The molecular weight excluding hydrogens is 408 g/mol. The lowest BCUT2D eigenvalue weighted by Crippen LogP contribution is -2.54. The van der Waals surface area contributed by atoms with E-state index in [1.54, 1.807) is 37.3 Å². The Morgan fingerprint density at radius 2 is 1.80 bits per heavy atom. The molecule has 0 bridgehead atoms. The second-order valence-corrected chi connectivity index (χ2v) is 9.10. The first-order chi connectivity index (χ1) is 14.4. The van der Waals surface area contributed by atoms with Crippen molar-refractivity contribution in [1.29, 1.82) is 0 Å². The van der Waals surface area contributed by atoms with E-state index in [0.717, 1.165) is 0 Å². The molecule has 2 aliphatic rings. The van der Waals surface area contributed by atoms with Gasteiger partial charge < -0.3 is 15.4 Å². The van der Waals surface area contributed by atoms with Crippen LogP contribution >= 0.6 is 0 Å². The van der Waals surface area contributed by atoms with Gasteiger partial charge in [0.1, 0.15) is 0 Å². The Hall–Kier alpha value is -2.43. The second kappa shape index (κ2) is 9.59. The molecule has 164 valence electrons. The van der Waals surface area contributed by atoms with Crippen molar-refractivity contribution >= 4 is 22.0 Å². The van der Waals surface area contributed by atoms with Gasteiger partial charge in [0, 0.05) is 38.4 Å². The predicted molar refractivity (Wildman–Crippen MR) is 111 cm³/mol. The fourth-order valence-corrected chi connectivity index (χ4v) is 5.12. The van der Waals surface area contributed by atoms with E-state index in [1.165, 1.54) is 4.31 Å². The Bertz CT molecular complexity index is 908. The minimum Gasteiger partial charge on any atom is -0.463 e. The van der Waals surface area contributed by atoms with Crippen LogP contribution in [0.3, 0.4) is 0 Å². The van der Waals surface area contributed by atoms with Crippen LogP contribution in [0.25, 0.3) is 0 Å². The van der Waals surface area contributed by atoms with Crippen LogP contribution in [0.5, 0.6) is 0 Å². The van der Waals surface area contributed by atoms with Crippen molar-refractivity contribution in [3.63, 3.8) is 0 Å². The van der Waals surface area contributed by atoms with Gasteiger partial charge >= 0.3 is 12.0 Å². The molecule has 3 rings (SSSR count). The smallest absolute Gasteiger partial charge is 0.337 e. The number of urea groups is 1. The molecule has 2 aliphatic heterocycles. The zero-order chi connectivity index (χ0) is 21.7. The van der Waals surface area contributed by atoms with Crippen LogP contribution < -0.4 is 10.6 Å². The summed E-state index contributed by atoms with van der Waals surface area (Å²) in [5, 5.41) is 5.49. The predicted octanol–water partition coefficient (Wildman–Crippen LogP) is 0.902. The highest BCUT2D eigenvalue weighted by molar-refractivity contribution is 7.89. The minimum atomic E-state index is -3.53. The van der Waals surface area contributed by atoms with Crippen molar-refractivity contribution in [3.05, 3.63) is 41.6 Å². The van der Waals surface area contributed by atoms with E-state index in [4.69, 9.17) is 4.74 Å². The number of esters is 1. The van der Waals surface area contributed by atoms with Gasteiger partial charge in [-0.25, -0.2) is 18.0 Å². The number of sulfonamides is 1. The van der Waals surface area contributed by atoms with E-state index in [2.05, 4.69) is 10.6 Å². The largest absolute Gasteiger partial charge is 0.463 e. The zero-order valence-corrected chi connectivity index (χ0v) is 18.1. The van der Waals surface area contributed by atoms with Crippen LogP contribution in [0.15, 0.2) is 46.5 Å². The molecule has 0 saturated carbocycles. The summed E-state index contributed by atoms with van der Waals surface area (Å²) in [6.07, 6.45) is 0.564. The van der Waals surface area contributed by atoms with Crippen molar-refractivity contribution in [2.75, 3.05) is 39.3 Å². The summed E-state index contributed by atoms with van der Waals surface area (Å²) in [6.45, 7) is 5.87. The van der Waals surface area contributed by atoms with Crippen LogP contribution in [-0.4, -0.2) is 75.0 Å². The van der Waals surface area contributed by atoms with Crippen molar-refractivity contribution < 1.29 is 22.7 Å². The van der Waals surface area contributed by atoms with Gasteiger partial charge in [-0.3, -0.25) is 4.90 Å². The lowest BCUT2D eigenvalue weighted by molar-refractivity contribution is -0.139. The van der Waals surface area contributed by atoms with Crippen LogP contribution in [-0.2, 0) is 19.6 Å². The third-order valence-electron chi connectivity index (χ3n) is 5.24. The first kappa shape index (κ1) is 22.3. The van der Waals surface area contributed by atoms with Gasteiger partial charge in [0.25, 0.3) is 0 Å². The molecule has 2 amide bonds. The number of carbonyl (C=O) groups excluding carboxylic acids is 2. The summed E-state index contributed by atoms with van der Waals surface area (Å²) in [5.41, 5.74) is 0.946. The second-order valence-electron chi connectivity index (χ2n) is 7.17. The maximum Gasteiger partial charge on any atom is 0.337 e. The molecule has 10 heteroatoms. The molecule has 1 saturated heterocycles. The minimum absolute atomic E-state index is 0.246. The number of benzene rings is 1. The molecule has 1 aromatic carbocycles. The Labute approximate surface area is 177 Å². The molecule has 2 heterocycles. The van der Waals surface area contributed by atoms with Crippen LogP contribution in [0.1, 0.15) is 20.3 Å². The maximum atomic E-state index is 12.8. The van der Waals surface area contributed by atoms with Crippen LogP contribution in [0, 0.1) is 0 Å². The van der Waals surface area contributed by atoms with E-state index in [0.29, 0.717) is 50.4 Å². The summed E-state index contributed by atoms with van der Waals surface area (Å²) in [5.74, 6) is -0.447. The van der Waals surface area contributed by atoms with Crippen molar-refractivity contribution in [2.24, 2.45) is 0 Å². The first-order valence-corrected chi connectivity index (χ1v) is 11.6. The summed E-state index contributed by atoms with van der Waals surface area (Å²) in [6, 6.07) is 7.61. The molecule has 1 fully saturated rings. The van der Waals surface area contributed by atoms with Gasteiger partial charge in [0.15, 0.2) is 0 Å². The van der Waals surface area contributed by atoms with Crippen LogP contribution in [0.2, 0.25) is 0 Å². The SMILES string of the molecule is CCOC(=O)C1=C(CN2CCN(S(=O)(=O)c3ccccc3)CC2)NC(=O)N[C@H]1CC. The third kappa shape index (κ3) is 4.82. The lowest BCUT2D eigenvalue weighted by atomic mass is 10.00. The Morgan fingerprint density at radius 1 is 1.13 bits per heavy atom. The number of amides is 2. The Balaban J connectivity index is 1.72. The molecular formula is C20H28N4O5S. The van der Waals surface area contributed by atoms with E-state index < -0.39 is 22.0 Å². The maximum absolute atomic E-state index is 12.8. The average molecular weight is 437 g/mol. The molecule has 0 aliphatic carbocycles. The number of nitrogens with zero attached hydrogens (tertiary/aromatic N) is 2. The van der Waals surface area contributed by atoms with Gasteiger partial charge in [-0.05, 0) is 25.5 Å². The number of nitrogens with one attached hydrogen (secondary N) is 2. The third-order valence-corrected chi connectivity index (χ3v) is 7.15. The van der Waals surface area contributed by atoms with E-state index in [9.17, 15) is 18.0 Å². The molecule has 0 unspecified atom stereocenters. The highest BCUT2D eigenvalue weighted by Crippen LogP contribution is 2.20. The van der Waals surface area contributed by atoms with Gasteiger partial charge in [-0.15, -0.1) is 0 Å². The topological polar surface area (TPSA) is 108 Å². The number of hydrogen-bond acceptors (Lipinski definition) is 6. The zero-order valence-electron chi connectivity index (χ0n) is 17.3. The highest BCUT2D eigenvalue weighted by atomic mass is 32.2. The van der Waals surface area contributed by atoms with Gasteiger partial charge in [-0.2, -0.15) is 4.31 Å². The fourth-order valence-electron chi connectivity index (χ4n) is 3.68. The number of piperazine rings is 1. The van der Waals surface area contributed by atoms with Crippen molar-refractivity contribution in [3.8, 4) is 0 Å².